The maximum atomic E-state index is 8.36. The highest BCUT2D eigenvalue weighted by atomic mass is 16.9. The summed E-state index contributed by atoms with van der Waals surface area (Å²) < 4.78 is 0. The predicted molar refractivity (Wildman–Crippen MR) is 39.8 cm³/mol. The SMILES string of the molecule is C=CN1CCCC1.O=[N+]([O-])O. The number of likely N-dealkylation sites (tertiary alicyclic amines) is 1. The van der Waals surface area contributed by atoms with Gasteiger partial charge < -0.3 is 10.1 Å². The van der Waals surface area contributed by atoms with Gasteiger partial charge in [-0.1, -0.05) is 6.58 Å². The third-order valence-electron chi connectivity index (χ3n) is 1.40. The molecule has 1 aliphatic rings. The molecule has 0 bridgehead atoms. The van der Waals surface area contributed by atoms with E-state index in [2.05, 4.69) is 11.5 Å². The Morgan fingerprint density at radius 3 is 2.09 bits per heavy atom. The Labute approximate surface area is 65.0 Å². The molecule has 0 saturated carbocycles. The molecule has 0 atom stereocenters. The number of nitrogens with zero attached hydrogens (tertiary/aromatic N) is 2. The zero-order chi connectivity index (χ0) is 8.69. The van der Waals surface area contributed by atoms with Gasteiger partial charge in [0.15, 0.2) is 0 Å². The molecule has 5 nitrogen and oxygen atoms in total. The minimum absolute atomic E-state index is 1.23. The van der Waals surface area contributed by atoms with E-state index in [-0.39, 0.29) is 0 Å². The largest absolute Gasteiger partial charge is 0.378 e. The summed E-state index contributed by atoms with van der Waals surface area (Å²) in [6, 6.07) is 0. The van der Waals surface area contributed by atoms with Crippen LogP contribution in [0.5, 0.6) is 0 Å². The van der Waals surface area contributed by atoms with Crippen LogP contribution in [0.4, 0.5) is 0 Å². The first-order valence-electron chi connectivity index (χ1n) is 3.36. The average Bonchev–Trinajstić information content (AvgIpc) is 2.36. The summed E-state index contributed by atoms with van der Waals surface area (Å²) >= 11 is 0. The maximum absolute atomic E-state index is 8.36. The summed E-state index contributed by atoms with van der Waals surface area (Å²) in [5.41, 5.74) is 0. The molecule has 0 aromatic heterocycles. The molecule has 5 heteroatoms. The highest BCUT2D eigenvalue weighted by Crippen LogP contribution is 2.05. The van der Waals surface area contributed by atoms with Crippen molar-refractivity contribution < 1.29 is 10.3 Å². The first-order valence-corrected chi connectivity index (χ1v) is 3.36. The van der Waals surface area contributed by atoms with Crippen LogP contribution in [0.25, 0.3) is 0 Å². The molecule has 0 spiro atoms. The van der Waals surface area contributed by atoms with Gasteiger partial charge in [0.05, 0.1) is 0 Å². The van der Waals surface area contributed by atoms with Crippen LogP contribution < -0.4 is 0 Å². The third-order valence-corrected chi connectivity index (χ3v) is 1.40. The van der Waals surface area contributed by atoms with E-state index in [4.69, 9.17) is 15.3 Å². The molecular formula is C6H12N2O3. The molecule has 0 unspecified atom stereocenters. The zero-order valence-electron chi connectivity index (χ0n) is 6.27. The van der Waals surface area contributed by atoms with Gasteiger partial charge >= 0.3 is 0 Å². The Morgan fingerprint density at radius 1 is 1.55 bits per heavy atom. The Morgan fingerprint density at radius 2 is 1.91 bits per heavy atom. The molecule has 1 N–H and O–H groups in total. The van der Waals surface area contributed by atoms with Crippen molar-refractivity contribution in [2.24, 2.45) is 0 Å². The fraction of sp³-hybridized carbons (Fsp3) is 0.667. The van der Waals surface area contributed by atoms with Gasteiger partial charge in [0, 0.05) is 13.1 Å². The van der Waals surface area contributed by atoms with Crippen molar-refractivity contribution in [2.45, 2.75) is 12.8 Å². The van der Waals surface area contributed by atoms with Gasteiger partial charge in [0.25, 0.3) is 5.09 Å². The van der Waals surface area contributed by atoms with E-state index in [1.165, 1.54) is 25.9 Å². The predicted octanol–water partition coefficient (Wildman–Crippen LogP) is 0.878. The quantitative estimate of drug-likeness (QED) is 0.456. The van der Waals surface area contributed by atoms with E-state index in [1.807, 2.05) is 6.20 Å². The molecule has 1 aliphatic heterocycles. The molecule has 0 amide bonds. The van der Waals surface area contributed by atoms with E-state index >= 15 is 0 Å². The molecule has 0 aromatic carbocycles. The standard InChI is InChI=1S/C6H11N.HNO3/c1-2-7-5-3-4-6-7;2-1(3)4/h2H,1,3-6H2;(H,2,3,4). The van der Waals surface area contributed by atoms with Gasteiger partial charge in [-0.3, -0.25) is 0 Å². The maximum Gasteiger partial charge on any atom is 0.291 e. The lowest BCUT2D eigenvalue weighted by Crippen LogP contribution is -2.08. The molecule has 64 valence electrons. The van der Waals surface area contributed by atoms with Gasteiger partial charge in [0.1, 0.15) is 0 Å². The van der Waals surface area contributed by atoms with Gasteiger partial charge in [-0.25, -0.2) is 0 Å². The molecular weight excluding hydrogens is 148 g/mol. The Hall–Kier alpha value is -1.26. The van der Waals surface area contributed by atoms with Crippen LogP contribution in [0.15, 0.2) is 12.8 Å². The second-order valence-corrected chi connectivity index (χ2v) is 2.16. The molecule has 0 aliphatic carbocycles. The first-order chi connectivity index (χ1) is 5.16. The first kappa shape index (κ1) is 9.74. The third kappa shape index (κ3) is 6.63. The van der Waals surface area contributed by atoms with Crippen molar-refractivity contribution in [3.05, 3.63) is 22.9 Å². The lowest BCUT2D eigenvalue weighted by molar-refractivity contribution is -0.742. The monoisotopic (exact) mass is 160 g/mol. The van der Waals surface area contributed by atoms with Gasteiger partial charge in [-0.05, 0) is 19.0 Å². The lowest BCUT2D eigenvalue weighted by atomic mass is 10.4. The fourth-order valence-electron chi connectivity index (χ4n) is 0.924. The smallest absolute Gasteiger partial charge is 0.291 e. The molecule has 1 heterocycles. The van der Waals surface area contributed by atoms with Crippen molar-refractivity contribution >= 4 is 0 Å². The molecule has 11 heavy (non-hydrogen) atoms. The van der Waals surface area contributed by atoms with Crippen LogP contribution in [0, 0.1) is 10.1 Å². The van der Waals surface area contributed by atoms with E-state index < -0.39 is 5.09 Å². The second-order valence-electron chi connectivity index (χ2n) is 2.16. The summed E-state index contributed by atoms with van der Waals surface area (Å²) in [5, 5.41) is 13.6. The summed E-state index contributed by atoms with van der Waals surface area (Å²) in [6.45, 7) is 6.12. The van der Waals surface area contributed by atoms with Crippen molar-refractivity contribution in [3.8, 4) is 0 Å². The van der Waals surface area contributed by atoms with Crippen molar-refractivity contribution in [2.75, 3.05) is 13.1 Å². The van der Waals surface area contributed by atoms with E-state index in [9.17, 15) is 0 Å². The van der Waals surface area contributed by atoms with Gasteiger partial charge in [-0.15, -0.1) is 10.1 Å². The van der Waals surface area contributed by atoms with E-state index in [0.29, 0.717) is 0 Å². The summed E-state index contributed by atoms with van der Waals surface area (Å²) in [4.78, 5) is 10.6. The van der Waals surface area contributed by atoms with Crippen LogP contribution in [0.3, 0.4) is 0 Å². The minimum atomic E-state index is -1.50. The van der Waals surface area contributed by atoms with Gasteiger partial charge in [0.2, 0.25) is 0 Å². The normalized spacial score (nSPS) is 15.1. The summed E-state index contributed by atoms with van der Waals surface area (Å²) in [5.74, 6) is 0. The number of hydrogen-bond donors (Lipinski definition) is 1. The number of rotatable bonds is 1. The fourth-order valence-corrected chi connectivity index (χ4v) is 0.924. The highest BCUT2D eigenvalue weighted by Gasteiger charge is 2.04. The summed E-state index contributed by atoms with van der Waals surface area (Å²) in [7, 11) is 0. The minimum Gasteiger partial charge on any atom is -0.378 e. The van der Waals surface area contributed by atoms with Crippen LogP contribution in [0.1, 0.15) is 12.8 Å². The Bertz CT molecular complexity index is 128. The van der Waals surface area contributed by atoms with Crippen LogP contribution >= 0.6 is 0 Å². The second kappa shape index (κ2) is 5.52. The molecule has 1 rings (SSSR count). The Kier molecular flexibility index (Phi) is 4.89. The molecule has 1 fully saturated rings. The van der Waals surface area contributed by atoms with Crippen LogP contribution in [-0.4, -0.2) is 28.3 Å². The van der Waals surface area contributed by atoms with Crippen LogP contribution in [0.2, 0.25) is 0 Å². The van der Waals surface area contributed by atoms with Gasteiger partial charge in [-0.2, -0.15) is 0 Å². The molecule has 0 aromatic rings. The van der Waals surface area contributed by atoms with Crippen molar-refractivity contribution in [3.63, 3.8) is 0 Å². The van der Waals surface area contributed by atoms with E-state index in [1.54, 1.807) is 0 Å². The lowest BCUT2D eigenvalue weighted by Gasteiger charge is -2.07. The topological polar surface area (TPSA) is 66.6 Å². The van der Waals surface area contributed by atoms with Crippen LogP contribution in [-0.2, 0) is 0 Å². The van der Waals surface area contributed by atoms with Crippen molar-refractivity contribution in [1.82, 2.24) is 4.90 Å². The zero-order valence-corrected chi connectivity index (χ0v) is 6.27. The van der Waals surface area contributed by atoms with E-state index in [0.717, 1.165) is 0 Å². The highest BCUT2D eigenvalue weighted by molar-refractivity contribution is 4.75. The Balaban J connectivity index is 0.000000218. The number of hydrogen-bond acceptors (Lipinski definition) is 3. The van der Waals surface area contributed by atoms with Crippen molar-refractivity contribution in [1.29, 1.82) is 0 Å². The summed E-state index contributed by atoms with van der Waals surface area (Å²) in [6.07, 6.45) is 4.63. The average molecular weight is 160 g/mol. The molecule has 0 radical (unpaired) electrons. The molecule has 1 saturated heterocycles.